The number of aromatic amines is 1. The van der Waals surface area contributed by atoms with Gasteiger partial charge in [-0.25, -0.2) is 8.42 Å². The van der Waals surface area contributed by atoms with Crippen molar-refractivity contribution in [2.45, 2.75) is 80.7 Å². The molecule has 0 amide bonds. The van der Waals surface area contributed by atoms with Crippen LogP contribution in [-0.4, -0.2) is 77.3 Å². The summed E-state index contributed by atoms with van der Waals surface area (Å²) in [6.45, 7) is 9.69. The number of aliphatic hydroxyl groups is 1. The van der Waals surface area contributed by atoms with Crippen molar-refractivity contribution in [1.82, 2.24) is 19.9 Å². The summed E-state index contributed by atoms with van der Waals surface area (Å²) in [6.07, 6.45) is -1.38. The van der Waals surface area contributed by atoms with Gasteiger partial charge < -0.3 is 19.7 Å². The number of halogens is 3. The molecule has 10 nitrogen and oxygen atoms in total. The van der Waals surface area contributed by atoms with Crippen molar-refractivity contribution in [2.24, 2.45) is 0 Å². The van der Waals surface area contributed by atoms with Gasteiger partial charge in [0.2, 0.25) is 5.56 Å². The molecule has 3 fully saturated rings. The highest BCUT2D eigenvalue weighted by atomic mass is 32.2. The average molecular weight is 624 g/mol. The molecule has 0 saturated carbocycles. The van der Waals surface area contributed by atoms with Gasteiger partial charge in [0, 0.05) is 43.4 Å². The van der Waals surface area contributed by atoms with Crippen LogP contribution in [0.3, 0.4) is 0 Å². The number of piperidine rings is 1. The van der Waals surface area contributed by atoms with Gasteiger partial charge >= 0.3 is 12.2 Å². The zero-order chi connectivity index (χ0) is 30.9. The van der Waals surface area contributed by atoms with E-state index < -0.39 is 55.9 Å². The molecular weight excluding hydrogens is 587 g/mol. The molecule has 6 rings (SSSR count). The zero-order valence-electron chi connectivity index (χ0n) is 24.3. The molecule has 3 saturated heterocycles. The number of alkyl halides is 3. The van der Waals surface area contributed by atoms with Gasteiger partial charge in [-0.15, -0.1) is 0 Å². The highest BCUT2D eigenvalue weighted by molar-refractivity contribution is 7.91. The van der Waals surface area contributed by atoms with Crippen molar-refractivity contribution in [2.75, 3.05) is 37.7 Å². The Labute approximate surface area is 247 Å². The summed E-state index contributed by atoms with van der Waals surface area (Å²) >= 11 is 0. The minimum atomic E-state index is -4.89. The van der Waals surface area contributed by atoms with Crippen LogP contribution in [0.4, 0.5) is 19.0 Å². The van der Waals surface area contributed by atoms with Crippen molar-refractivity contribution >= 4 is 15.7 Å². The van der Waals surface area contributed by atoms with Crippen LogP contribution in [0.25, 0.3) is 0 Å². The van der Waals surface area contributed by atoms with Gasteiger partial charge in [0.1, 0.15) is 17.7 Å². The number of aryl methyl sites for hydroxylation is 1. The first-order valence-corrected chi connectivity index (χ1v) is 16.2. The number of nitrogens with one attached hydrogen (secondary N) is 1. The Morgan fingerprint density at radius 1 is 1.23 bits per heavy atom. The van der Waals surface area contributed by atoms with Crippen molar-refractivity contribution in [3.63, 3.8) is 0 Å². The Kier molecular flexibility index (Phi) is 7.20. The van der Waals surface area contributed by atoms with Crippen LogP contribution >= 0.6 is 0 Å². The van der Waals surface area contributed by atoms with Gasteiger partial charge in [-0.1, -0.05) is 12.2 Å². The Morgan fingerprint density at radius 2 is 1.98 bits per heavy atom. The number of ether oxygens (including phenoxy) is 1. The normalized spacial score (nSPS) is 29.0. The third kappa shape index (κ3) is 5.57. The topological polar surface area (TPSA) is 129 Å². The molecule has 4 aliphatic heterocycles. The van der Waals surface area contributed by atoms with Crippen LogP contribution in [0.2, 0.25) is 0 Å². The molecule has 2 aromatic rings. The van der Waals surface area contributed by atoms with E-state index in [1.165, 1.54) is 0 Å². The zero-order valence-corrected chi connectivity index (χ0v) is 25.1. The molecule has 43 heavy (non-hydrogen) atoms. The maximum absolute atomic E-state index is 14.2. The number of pyridine rings is 1. The molecule has 3 atom stereocenters. The van der Waals surface area contributed by atoms with Gasteiger partial charge in [-0.05, 0) is 58.1 Å². The first-order valence-electron chi connectivity index (χ1n) is 14.5. The number of anilines is 1. The SMILES string of the molecule is C=C1CN2CCC[C@@]2(COc2nc3c(c(N4CCC[C@@](C)(O)C4)n2)CS(=O)(=O)[C@@H](c2[nH]c(=O)cc(C)c2C(F)(F)F)C3)C1. The number of hydrogen-bond donors (Lipinski definition) is 2. The largest absolute Gasteiger partial charge is 0.461 e. The van der Waals surface area contributed by atoms with Gasteiger partial charge in [-0.2, -0.15) is 23.1 Å². The van der Waals surface area contributed by atoms with Crippen LogP contribution in [0, 0.1) is 6.92 Å². The molecule has 0 unspecified atom stereocenters. The fourth-order valence-corrected chi connectivity index (χ4v) is 9.25. The summed E-state index contributed by atoms with van der Waals surface area (Å²) < 4.78 is 76.1. The lowest BCUT2D eigenvalue weighted by Gasteiger charge is -2.39. The summed E-state index contributed by atoms with van der Waals surface area (Å²) in [5.74, 6) is -0.320. The minimum Gasteiger partial charge on any atom is -0.461 e. The molecule has 0 aromatic carbocycles. The molecular formula is C29H36F3N5O5S. The standard InChI is InChI=1S/C29H36F3N5O5S/c1-17-12-28(7-5-9-37(28)13-17)16-42-26-33-20-11-21(24-23(29(30,31)32)18(2)10-22(38)34-24)43(40,41)14-19(20)25(35-26)36-8-4-6-27(3,39)15-36/h10,21,39H,1,4-9,11-16H2,2-3H3,(H,34,38)/t21-,27-,28+/m1/s1. The number of β-amino-alcohol motifs (C(OH)–C–C–N with tert-alkyl or cyclic N) is 1. The van der Waals surface area contributed by atoms with Crippen molar-refractivity contribution in [1.29, 1.82) is 0 Å². The van der Waals surface area contributed by atoms with E-state index in [1.807, 2.05) is 0 Å². The first kappa shape index (κ1) is 30.1. The lowest BCUT2D eigenvalue weighted by molar-refractivity contribution is -0.139. The summed E-state index contributed by atoms with van der Waals surface area (Å²) in [5, 5.41) is 9.14. The van der Waals surface area contributed by atoms with E-state index in [2.05, 4.69) is 26.4 Å². The third-order valence-corrected chi connectivity index (χ3v) is 11.2. The average Bonchev–Trinajstić information content (AvgIpc) is 3.40. The second kappa shape index (κ2) is 10.3. The fourth-order valence-electron chi connectivity index (χ4n) is 7.40. The van der Waals surface area contributed by atoms with Crippen LogP contribution in [-0.2, 0) is 28.2 Å². The van der Waals surface area contributed by atoms with Gasteiger partial charge in [-0.3, -0.25) is 9.69 Å². The lowest BCUT2D eigenvalue weighted by Crippen LogP contribution is -2.47. The fraction of sp³-hybridized carbons (Fsp3) is 0.621. The minimum absolute atomic E-state index is 0.00420. The smallest absolute Gasteiger partial charge is 0.418 e. The molecule has 0 radical (unpaired) electrons. The van der Waals surface area contributed by atoms with Crippen LogP contribution in [0.15, 0.2) is 23.0 Å². The second-order valence-electron chi connectivity index (χ2n) is 12.8. The van der Waals surface area contributed by atoms with E-state index in [9.17, 15) is 31.5 Å². The van der Waals surface area contributed by atoms with E-state index in [1.54, 1.807) is 11.8 Å². The summed E-state index contributed by atoms with van der Waals surface area (Å²) in [7, 11) is -4.25. The summed E-state index contributed by atoms with van der Waals surface area (Å²) in [4.78, 5) is 27.8. The van der Waals surface area contributed by atoms with Gasteiger partial charge in [0.15, 0.2) is 9.84 Å². The summed E-state index contributed by atoms with van der Waals surface area (Å²) in [5.41, 5.74) is -2.65. The predicted octanol–water partition coefficient (Wildman–Crippen LogP) is 3.23. The predicted molar refractivity (Wildman–Crippen MR) is 153 cm³/mol. The Bertz CT molecular complexity index is 1640. The number of fused-ring (bicyclic) bond motifs is 2. The number of sulfone groups is 1. The van der Waals surface area contributed by atoms with Crippen molar-refractivity contribution in [3.05, 3.63) is 56.7 Å². The van der Waals surface area contributed by atoms with Crippen LogP contribution in [0.5, 0.6) is 6.01 Å². The molecule has 2 aromatic heterocycles. The lowest BCUT2D eigenvalue weighted by atomic mass is 9.94. The number of H-pyrrole nitrogens is 1. The van der Waals surface area contributed by atoms with Gasteiger partial charge in [0.25, 0.3) is 0 Å². The highest BCUT2D eigenvalue weighted by Crippen LogP contribution is 2.45. The number of nitrogens with zero attached hydrogens (tertiary/aromatic N) is 4. The molecule has 0 bridgehead atoms. The van der Waals surface area contributed by atoms with Crippen LogP contribution < -0.4 is 15.2 Å². The maximum atomic E-state index is 14.2. The maximum Gasteiger partial charge on any atom is 0.418 e. The number of aromatic nitrogens is 3. The molecule has 4 aliphatic rings. The van der Waals surface area contributed by atoms with Gasteiger partial charge in [0.05, 0.1) is 28.2 Å². The molecule has 0 aliphatic carbocycles. The van der Waals surface area contributed by atoms with Crippen LogP contribution in [0.1, 0.15) is 72.4 Å². The molecule has 2 N–H and O–H groups in total. The van der Waals surface area contributed by atoms with E-state index in [-0.39, 0.29) is 41.5 Å². The summed E-state index contributed by atoms with van der Waals surface area (Å²) in [6, 6.07) is 0.817. The molecule has 6 heterocycles. The monoisotopic (exact) mass is 623 g/mol. The third-order valence-electron chi connectivity index (χ3n) is 9.26. The highest BCUT2D eigenvalue weighted by Gasteiger charge is 2.48. The van der Waals surface area contributed by atoms with E-state index >= 15 is 0 Å². The quantitative estimate of drug-likeness (QED) is 0.483. The second-order valence-corrected chi connectivity index (χ2v) is 15.0. The molecule has 234 valence electrons. The van der Waals surface area contributed by atoms with E-state index in [4.69, 9.17) is 4.74 Å². The van der Waals surface area contributed by atoms with E-state index in [0.29, 0.717) is 25.2 Å². The Balaban J connectivity index is 1.43. The number of rotatable bonds is 5. The van der Waals surface area contributed by atoms with E-state index in [0.717, 1.165) is 50.9 Å². The Morgan fingerprint density at radius 3 is 2.70 bits per heavy atom. The molecule has 0 spiro atoms. The van der Waals surface area contributed by atoms with Crippen molar-refractivity contribution < 1.29 is 31.4 Å². The number of hydrogen-bond acceptors (Lipinski definition) is 9. The first-order chi connectivity index (χ1) is 20.1. The van der Waals surface area contributed by atoms with Crippen molar-refractivity contribution in [3.8, 4) is 6.01 Å². The molecule has 14 heteroatoms. The Hall–Kier alpha value is -2.97.